The summed E-state index contributed by atoms with van der Waals surface area (Å²) in [5.41, 5.74) is 2.72. The van der Waals surface area contributed by atoms with Crippen molar-refractivity contribution in [2.24, 2.45) is 0 Å². The van der Waals surface area contributed by atoms with Crippen LogP contribution in [0.25, 0.3) is 0 Å². The Bertz CT molecular complexity index is 601. The highest BCUT2D eigenvalue weighted by Crippen LogP contribution is 2.21. The molecule has 1 atom stereocenters. The Hall–Kier alpha value is -1.32. The quantitative estimate of drug-likeness (QED) is 0.808. The maximum Gasteiger partial charge on any atom is 0.252 e. The number of hydrogen-bond donors (Lipinski definition) is 1. The van der Waals surface area contributed by atoms with Gasteiger partial charge in [0.25, 0.3) is 5.91 Å². The molecule has 0 fully saturated rings. The first-order chi connectivity index (χ1) is 9.58. The molecule has 0 aromatic heterocycles. The minimum atomic E-state index is -0.232. The second kappa shape index (κ2) is 6.91. The Labute approximate surface area is 132 Å². The van der Waals surface area contributed by atoms with Gasteiger partial charge < -0.3 is 5.32 Å². The fourth-order valence-electron chi connectivity index (χ4n) is 1.86. The van der Waals surface area contributed by atoms with E-state index in [4.69, 9.17) is 11.6 Å². The molecule has 2 aromatic rings. The zero-order valence-corrected chi connectivity index (χ0v) is 13.4. The highest BCUT2D eigenvalue weighted by Gasteiger charge is 2.13. The molecule has 0 radical (unpaired) electrons. The number of alkyl halides is 1. The van der Waals surface area contributed by atoms with Crippen LogP contribution in [0.5, 0.6) is 0 Å². The number of halogens is 2. The molecule has 0 aliphatic carbocycles. The molecule has 0 saturated carbocycles. The number of benzene rings is 2. The van der Waals surface area contributed by atoms with Gasteiger partial charge in [-0.3, -0.25) is 4.79 Å². The van der Waals surface area contributed by atoms with Crippen molar-refractivity contribution in [2.45, 2.75) is 12.3 Å². The molecule has 4 heteroatoms. The third-order valence-corrected chi connectivity index (χ3v) is 4.03. The lowest BCUT2D eigenvalue weighted by Crippen LogP contribution is -2.27. The first kappa shape index (κ1) is 15.1. The Kier molecular flexibility index (Phi) is 5.21. The summed E-state index contributed by atoms with van der Waals surface area (Å²) in [6.07, 6.45) is 0. The monoisotopic (exact) mass is 351 g/mol. The summed E-state index contributed by atoms with van der Waals surface area (Å²) in [6.45, 7) is 2.38. The molecule has 2 aromatic carbocycles. The van der Waals surface area contributed by atoms with Gasteiger partial charge in [-0.2, -0.15) is 0 Å². The van der Waals surface area contributed by atoms with E-state index in [2.05, 4.69) is 21.2 Å². The van der Waals surface area contributed by atoms with Crippen molar-refractivity contribution in [3.63, 3.8) is 0 Å². The van der Waals surface area contributed by atoms with Crippen LogP contribution in [0.2, 0.25) is 0 Å². The van der Waals surface area contributed by atoms with E-state index in [9.17, 15) is 4.79 Å². The van der Waals surface area contributed by atoms with E-state index in [1.807, 2.05) is 49.4 Å². The van der Waals surface area contributed by atoms with Gasteiger partial charge in [0.15, 0.2) is 0 Å². The molecule has 20 heavy (non-hydrogen) atoms. The van der Waals surface area contributed by atoms with Gasteiger partial charge in [0.1, 0.15) is 0 Å². The molecule has 1 unspecified atom stereocenters. The standard InChI is InChI=1S/C16H15BrClNO/c1-11-7-8-13(14(17)9-11)16(20)19-10-15(18)12-5-3-2-4-6-12/h2-9,15H,10H2,1H3,(H,19,20). The number of amides is 1. The van der Waals surface area contributed by atoms with Crippen molar-refractivity contribution in [1.29, 1.82) is 0 Å². The molecule has 0 aliphatic rings. The largest absolute Gasteiger partial charge is 0.350 e. The highest BCUT2D eigenvalue weighted by molar-refractivity contribution is 9.10. The summed E-state index contributed by atoms with van der Waals surface area (Å²) < 4.78 is 0.792. The molecule has 0 saturated heterocycles. The molecule has 0 aliphatic heterocycles. The van der Waals surface area contributed by atoms with Gasteiger partial charge in [-0.15, -0.1) is 11.6 Å². The van der Waals surface area contributed by atoms with E-state index >= 15 is 0 Å². The van der Waals surface area contributed by atoms with E-state index in [0.29, 0.717) is 12.1 Å². The molecule has 0 spiro atoms. The van der Waals surface area contributed by atoms with Gasteiger partial charge in [0.2, 0.25) is 0 Å². The first-order valence-electron chi connectivity index (χ1n) is 6.31. The van der Waals surface area contributed by atoms with E-state index in [0.717, 1.165) is 15.6 Å². The number of nitrogens with one attached hydrogen (secondary N) is 1. The number of carbonyl (C=O) groups excluding carboxylic acids is 1. The molecule has 2 rings (SSSR count). The fraction of sp³-hybridized carbons (Fsp3) is 0.188. The Morgan fingerprint density at radius 2 is 1.95 bits per heavy atom. The SMILES string of the molecule is Cc1ccc(C(=O)NCC(Cl)c2ccccc2)c(Br)c1. The number of hydrogen-bond acceptors (Lipinski definition) is 1. The topological polar surface area (TPSA) is 29.1 Å². The van der Waals surface area contributed by atoms with Crippen molar-refractivity contribution in [3.8, 4) is 0 Å². The normalized spacial score (nSPS) is 11.9. The lowest BCUT2D eigenvalue weighted by atomic mass is 10.1. The maximum atomic E-state index is 12.1. The summed E-state index contributed by atoms with van der Waals surface area (Å²) >= 11 is 9.68. The molecule has 0 bridgehead atoms. The van der Waals surface area contributed by atoms with Crippen molar-refractivity contribution in [2.75, 3.05) is 6.54 Å². The van der Waals surface area contributed by atoms with E-state index in [1.165, 1.54) is 0 Å². The van der Waals surface area contributed by atoms with Gasteiger partial charge >= 0.3 is 0 Å². The van der Waals surface area contributed by atoms with Crippen molar-refractivity contribution in [1.82, 2.24) is 5.32 Å². The smallest absolute Gasteiger partial charge is 0.252 e. The van der Waals surface area contributed by atoms with Gasteiger partial charge in [0, 0.05) is 11.0 Å². The minimum Gasteiger partial charge on any atom is -0.350 e. The van der Waals surface area contributed by atoms with E-state index in [1.54, 1.807) is 6.07 Å². The Morgan fingerprint density at radius 3 is 2.60 bits per heavy atom. The lowest BCUT2D eigenvalue weighted by Gasteiger charge is -2.12. The van der Waals surface area contributed by atoms with E-state index in [-0.39, 0.29) is 11.3 Å². The average Bonchev–Trinajstić information content (AvgIpc) is 2.45. The van der Waals surface area contributed by atoms with Crippen LogP contribution in [0.15, 0.2) is 53.0 Å². The summed E-state index contributed by atoms with van der Waals surface area (Å²) in [4.78, 5) is 12.1. The van der Waals surface area contributed by atoms with E-state index < -0.39 is 0 Å². The zero-order valence-electron chi connectivity index (χ0n) is 11.1. The average molecular weight is 353 g/mol. The number of carbonyl (C=O) groups is 1. The van der Waals surface area contributed by atoms with Crippen LogP contribution in [-0.2, 0) is 0 Å². The van der Waals surface area contributed by atoms with Crippen LogP contribution in [0.1, 0.15) is 26.9 Å². The van der Waals surface area contributed by atoms with Crippen LogP contribution < -0.4 is 5.32 Å². The van der Waals surface area contributed by atoms with Crippen LogP contribution in [0, 0.1) is 6.92 Å². The maximum absolute atomic E-state index is 12.1. The second-order valence-corrected chi connectivity index (χ2v) is 5.95. The van der Waals surface area contributed by atoms with Crippen molar-refractivity contribution < 1.29 is 4.79 Å². The molecule has 1 N–H and O–H groups in total. The van der Waals surface area contributed by atoms with Crippen molar-refractivity contribution >= 4 is 33.4 Å². The van der Waals surface area contributed by atoms with Crippen LogP contribution in [0.4, 0.5) is 0 Å². The van der Waals surface area contributed by atoms with Crippen LogP contribution in [-0.4, -0.2) is 12.5 Å². The molecule has 2 nitrogen and oxygen atoms in total. The summed E-state index contributed by atoms with van der Waals surface area (Å²) in [7, 11) is 0. The fourth-order valence-corrected chi connectivity index (χ4v) is 2.76. The Balaban J connectivity index is 1.99. The van der Waals surface area contributed by atoms with Gasteiger partial charge in [0.05, 0.1) is 10.9 Å². The van der Waals surface area contributed by atoms with Crippen molar-refractivity contribution in [3.05, 3.63) is 69.7 Å². The lowest BCUT2D eigenvalue weighted by molar-refractivity contribution is 0.0953. The number of rotatable bonds is 4. The van der Waals surface area contributed by atoms with Gasteiger partial charge in [-0.25, -0.2) is 0 Å². The molecule has 1 amide bonds. The first-order valence-corrected chi connectivity index (χ1v) is 7.54. The second-order valence-electron chi connectivity index (χ2n) is 4.57. The molecular weight excluding hydrogens is 338 g/mol. The summed E-state index contributed by atoms with van der Waals surface area (Å²) in [6, 6.07) is 15.3. The van der Waals surface area contributed by atoms with Crippen LogP contribution in [0.3, 0.4) is 0 Å². The van der Waals surface area contributed by atoms with Crippen LogP contribution >= 0.6 is 27.5 Å². The summed E-state index contributed by atoms with van der Waals surface area (Å²) in [5, 5.41) is 2.62. The summed E-state index contributed by atoms with van der Waals surface area (Å²) in [5.74, 6) is -0.126. The number of aryl methyl sites for hydroxylation is 1. The van der Waals surface area contributed by atoms with Gasteiger partial charge in [-0.1, -0.05) is 36.4 Å². The minimum absolute atomic E-state index is 0.126. The zero-order chi connectivity index (χ0) is 14.5. The molecular formula is C16H15BrClNO. The molecule has 0 heterocycles. The predicted molar refractivity (Wildman–Crippen MR) is 86.2 cm³/mol. The molecule has 104 valence electrons. The van der Waals surface area contributed by atoms with Gasteiger partial charge in [-0.05, 0) is 46.1 Å². The third-order valence-electron chi connectivity index (χ3n) is 2.97. The Morgan fingerprint density at radius 1 is 1.25 bits per heavy atom. The predicted octanol–water partition coefficient (Wildman–Crippen LogP) is 4.47. The third kappa shape index (κ3) is 3.84. The highest BCUT2D eigenvalue weighted by atomic mass is 79.9.